The first kappa shape index (κ1) is 22.5. The van der Waals surface area contributed by atoms with E-state index in [2.05, 4.69) is 25.0 Å². The summed E-state index contributed by atoms with van der Waals surface area (Å²) in [4.78, 5) is 12.2. The fraction of sp³-hybridized carbons (Fsp3) is 0.250. The van der Waals surface area contributed by atoms with Crippen LogP contribution in [0.15, 0.2) is 40.0 Å². The molecule has 1 aliphatic rings. The van der Waals surface area contributed by atoms with E-state index in [0.29, 0.717) is 22.8 Å². The van der Waals surface area contributed by atoms with Crippen LogP contribution in [0, 0.1) is 0 Å². The Morgan fingerprint density at radius 1 is 1.03 bits per heavy atom. The Labute approximate surface area is 190 Å². The van der Waals surface area contributed by atoms with E-state index in [9.17, 15) is 13.6 Å². The summed E-state index contributed by atoms with van der Waals surface area (Å²) in [6.07, 6.45) is -3.73. The molecule has 2 aromatic carbocycles. The van der Waals surface area contributed by atoms with E-state index in [1.54, 1.807) is 12.1 Å². The van der Waals surface area contributed by atoms with Crippen molar-refractivity contribution in [2.75, 3.05) is 32.4 Å². The number of benzene rings is 2. The topological polar surface area (TPSA) is 114 Å². The van der Waals surface area contributed by atoms with E-state index < -0.39 is 12.2 Å². The third-order valence-electron chi connectivity index (χ3n) is 4.33. The summed E-state index contributed by atoms with van der Waals surface area (Å²) in [7, 11) is 4.46. The molecular weight excluding hydrogens is 464 g/mol. The Morgan fingerprint density at radius 3 is 2.39 bits per heavy atom. The summed E-state index contributed by atoms with van der Waals surface area (Å²) in [5.41, 5.74) is 0.801. The fourth-order valence-electron chi connectivity index (χ4n) is 2.94. The van der Waals surface area contributed by atoms with Crippen molar-refractivity contribution in [3.63, 3.8) is 0 Å². The minimum Gasteiger partial charge on any atom is -0.493 e. The monoisotopic (exact) mass is 481 g/mol. The summed E-state index contributed by atoms with van der Waals surface area (Å²) < 4.78 is 56.4. The maximum Gasteiger partial charge on any atom is 0.586 e. The highest BCUT2D eigenvalue weighted by Crippen LogP contribution is 2.43. The molecule has 174 valence electrons. The van der Waals surface area contributed by atoms with Crippen molar-refractivity contribution in [3.05, 3.63) is 30.3 Å². The molecule has 0 saturated heterocycles. The Morgan fingerprint density at radius 2 is 1.73 bits per heavy atom. The summed E-state index contributed by atoms with van der Waals surface area (Å²) in [6, 6.07) is 7.24. The third kappa shape index (κ3) is 4.87. The van der Waals surface area contributed by atoms with Gasteiger partial charge in [0.15, 0.2) is 23.0 Å². The largest absolute Gasteiger partial charge is 0.586 e. The highest BCUT2D eigenvalue weighted by molar-refractivity contribution is 7.99. The fourth-order valence-corrected chi connectivity index (χ4v) is 3.50. The van der Waals surface area contributed by atoms with E-state index in [1.165, 1.54) is 39.5 Å². The van der Waals surface area contributed by atoms with Gasteiger partial charge in [-0.25, -0.2) is 0 Å². The third-order valence-corrected chi connectivity index (χ3v) is 5.15. The summed E-state index contributed by atoms with van der Waals surface area (Å²) in [6.45, 7) is 0. The predicted octanol–water partition coefficient (Wildman–Crippen LogP) is 3.81. The van der Waals surface area contributed by atoms with Crippen LogP contribution in [0.5, 0.6) is 28.7 Å². The van der Waals surface area contributed by atoms with E-state index >= 15 is 0 Å². The van der Waals surface area contributed by atoms with Crippen molar-refractivity contribution in [1.29, 1.82) is 0 Å². The zero-order valence-electron chi connectivity index (χ0n) is 17.5. The van der Waals surface area contributed by atoms with Crippen LogP contribution in [0.4, 0.5) is 14.5 Å². The molecule has 0 fully saturated rings. The molecule has 33 heavy (non-hydrogen) atoms. The SMILES string of the molecule is COc1cc(-c2nnc(SCC(=O)Nc3ccc4c(c3)OC(F)(F)O4)o2)cc(OC)c1OC. The van der Waals surface area contributed by atoms with Crippen molar-refractivity contribution in [1.82, 2.24) is 10.2 Å². The molecule has 3 aromatic rings. The average molecular weight is 481 g/mol. The van der Waals surface area contributed by atoms with Crippen molar-refractivity contribution >= 4 is 23.4 Å². The van der Waals surface area contributed by atoms with Gasteiger partial charge in [0, 0.05) is 17.3 Å². The van der Waals surface area contributed by atoms with Gasteiger partial charge < -0.3 is 33.4 Å². The number of methoxy groups -OCH3 is 3. The second-order valence-corrected chi connectivity index (χ2v) is 7.38. The molecule has 4 rings (SSSR count). The first-order valence-corrected chi connectivity index (χ1v) is 10.3. The summed E-state index contributed by atoms with van der Waals surface area (Å²) in [5, 5.41) is 10.6. The van der Waals surface area contributed by atoms with E-state index in [-0.39, 0.29) is 34.1 Å². The predicted molar refractivity (Wildman–Crippen MR) is 111 cm³/mol. The first-order valence-electron chi connectivity index (χ1n) is 9.28. The van der Waals surface area contributed by atoms with Crippen LogP contribution >= 0.6 is 11.8 Å². The van der Waals surface area contributed by atoms with Gasteiger partial charge in [-0.1, -0.05) is 11.8 Å². The number of anilines is 1. The second-order valence-electron chi connectivity index (χ2n) is 6.45. The molecule has 1 N–H and O–H groups in total. The molecule has 13 heteroatoms. The number of amides is 1. The van der Waals surface area contributed by atoms with Crippen molar-refractivity contribution in [2.45, 2.75) is 11.5 Å². The van der Waals surface area contributed by atoms with Crippen LogP contribution in [0.2, 0.25) is 0 Å². The van der Waals surface area contributed by atoms with Gasteiger partial charge in [-0.2, -0.15) is 0 Å². The lowest BCUT2D eigenvalue weighted by Gasteiger charge is -2.12. The van der Waals surface area contributed by atoms with Crippen molar-refractivity contribution in [3.8, 4) is 40.2 Å². The van der Waals surface area contributed by atoms with Crippen LogP contribution < -0.4 is 29.0 Å². The van der Waals surface area contributed by atoms with Crippen molar-refractivity contribution < 1.29 is 41.7 Å². The molecule has 0 spiro atoms. The van der Waals surface area contributed by atoms with Crippen LogP contribution in [0.25, 0.3) is 11.5 Å². The van der Waals surface area contributed by atoms with E-state index in [4.69, 9.17) is 18.6 Å². The molecule has 0 atom stereocenters. The zero-order valence-corrected chi connectivity index (χ0v) is 18.3. The Bertz CT molecular complexity index is 1160. The number of carbonyl (C=O) groups excluding carboxylic acids is 1. The number of rotatable bonds is 8. The number of alkyl halides is 2. The van der Waals surface area contributed by atoms with Gasteiger partial charge in [-0.15, -0.1) is 19.0 Å². The van der Waals surface area contributed by atoms with Crippen LogP contribution in [0.3, 0.4) is 0 Å². The number of hydrogen-bond acceptors (Lipinski definition) is 10. The maximum atomic E-state index is 13.1. The minimum absolute atomic E-state index is 0.0680. The summed E-state index contributed by atoms with van der Waals surface area (Å²) in [5.74, 6) is 0.672. The highest BCUT2D eigenvalue weighted by Gasteiger charge is 2.43. The maximum absolute atomic E-state index is 13.1. The first-order chi connectivity index (χ1) is 15.8. The Kier molecular flexibility index (Phi) is 6.14. The zero-order chi connectivity index (χ0) is 23.6. The van der Waals surface area contributed by atoms with E-state index in [1.807, 2.05) is 0 Å². The molecule has 0 radical (unpaired) electrons. The second kappa shape index (κ2) is 9.02. The number of aromatic nitrogens is 2. The molecule has 0 unspecified atom stereocenters. The minimum atomic E-state index is -3.73. The number of thioether (sulfide) groups is 1. The number of hydrogen-bond donors (Lipinski definition) is 1. The molecule has 1 aromatic heterocycles. The standard InChI is InChI=1S/C20H17F2N3O7S/c1-27-14-6-10(7-15(28-2)17(14)29-3)18-24-25-19(30-18)33-9-16(26)23-11-4-5-12-13(8-11)32-20(21,22)31-12/h4-8H,9H2,1-3H3,(H,23,26). The van der Waals surface area contributed by atoms with E-state index in [0.717, 1.165) is 11.8 Å². The highest BCUT2D eigenvalue weighted by atomic mass is 32.2. The Hall–Kier alpha value is -3.74. The van der Waals surface area contributed by atoms with Gasteiger partial charge in [0.1, 0.15) is 0 Å². The van der Waals surface area contributed by atoms with Gasteiger partial charge >= 0.3 is 6.29 Å². The number of ether oxygens (including phenoxy) is 5. The quantitative estimate of drug-likeness (QED) is 0.476. The number of nitrogens with one attached hydrogen (secondary N) is 1. The lowest BCUT2D eigenvalue weighted by atomic mass is 10.2. The molecule has 0 saturated carbocycles. The van der Waals surface area contributed by atoms with Gasteiger partial charge in [0.2, 0.25) is 17.5 Å². The molecule has 0 bridgehead atoms. The van der Waals surface area contributed by atoms with Crippen molar-refractivity contribution in [2.24, 2.45) is 0 Å². The number of fused-ring (bicyclic) bond motifs is 1. The molecule has 2 heterocycles. The molecule has 1 amide bonds. The number of nitrogens with zero attached hydrogens (tertiary/aromatic N) is 2. The molecule has 10 nitrogen and oxygen atoms in total. The van der Waals surface area contributed by atoms with Crippen LogP contribution in [0.1, 0.15) is 0 Å². The van der Waals surface area contributed by atoms with Gasteiger partial charge in [0.05, 0.1) is 27.1 Å². The lowest BCUT2D eigenvalue weighted by molar-refractivity contribution is -0.286. The van der Waals surface area contributed by atoms with Gasteiger partial charge in [0.25, 0.3) is 5.22 Å². The molecule has 0 aliphatic carbocycles. The van der Waals surface area contributed by atoms with Gasteiger partial charge in [-0.3, -0.25) is 4.79 Å². The number of carbonyl (C=O) groups is 1. The van der Waals surface area contributed by atoms with Gasteiger partial charge in [-0.05, 0) is 24.3 Å². The summed E-state index contributed by atoms with van der Waals surface area (Å²) >= 11 is 1.00. The average Bonchev–Trinajstić information content (AvgIpc) is 3.39. The Balaban J connectivity index is 1.39. The van der Waals surface area contributed by atoms with Crippen LogP contribution in [-0.4, -0.2) is 49.5 Å². The normalized spacial score (nSPS) is 13.5. The molecule has 1 aliphatic heterocycles. The smallest absolute Gasteiger partial charge is 0.493 e. The van der Waals surface area contributed by atoms with Crippen LogP contribution in [-0.2, 0) is 4.79 Å². The molecular formula is C20H17F2N3O7S. The lowest BCUT2D eigenvalue weighted by Crippen LogP contribution is -2.25. The number of halogens is 2.